The van der Waals surface area contributed by atoms with E-state index in [1.165, 1.54) is 6.92 Å². The van der Waals surface area contributed by atoms with Gasteiger partial charge in [0.15, 0.2) is 6.10 Å². The van der Waals surface area contributed by atoms with Crippen molar-refractivity contribution in [1.29, 1.82) is 0 Å². The Kier molecular flexibility index (Phi) is 5.66. The molecule has 25 heavy (non-hydrogen) atoms. The Morgan fingerprint density at radius 3 is 2.32 bits per heavy atom. The van der Waals surface area contributed by atoms with Crippen molar-refractivity contribution < 1.29 is 32.3 Å². The molecule has 1 aromatic carbocycles. The second-order valence-electron chi connectivity index (χ2n) is 5.67. The summed E-state index contributed by atoms with van der Waals surface area (Å²) in [6.07, 6.45) is -3.68. The maximum absolute atomic E-state index is 12.4. The van der Waals surface area contributed by atoms with E-state index in [0.717, 1.165) is 37.1 Å². The van der Waals surface area contributed by atoms with Crippen LogP contribution in [0.25, 0.3) is 0 Å². The molecule has 0 saturated heterocycles. The summed E-state index contributed by atoms with van der Waals surface area (Å²) in [6, 6.07) is 3.70. The monoisotopic (exact) mass is 358 g/mol. The fourth-order valence-electron chi connectivity index (χ4n) is 1.90. The van der Waals surface area contributed by atoms with Gasteiger partial charge < -0.3 is 15.4 Å². The number of amides is 2. The van der Waals surface area contributed by atoms with E-state index in [4.69, 9.17) is 4.74 Å². The van der Waals surface area contributed by atoms with Crippen LogP contribution in [0.15, 0.2) is 24.3 Å². The number of benzene rings is 1. The van der Waals surface area contributed by atoms with E-state index in [1.54, 1.807) is 0 Å². The lowest BCUT2D eigenvalue weighted by Gasteiger charge is -2.13. The fraction of sp³-hybridized carbons (Fsp3) is 0.438. The van der Waals surface area contributed by atoms with Crippen molar-refractivity contribution in [1.82, 2.24) is 10.6 Å². The zero-order chi connectivity index (χ0) is 18.6. The lowest BCUT2D eigenvalue weighted by atomic mass is 10.1. The molecule has 2 amide bonds. The summed E-state index contributed by atoms with van der Waals surface area (Å²) in [7, 11) is 0. The third-order valence-electron chi connectivity index (χ3n) is 3.47. The molecule has 0 aromatic heterocycles. The first-order valence-electron chi connectivity index (χ1n) is 7.62. The normalized spacial score (nSPS) is 15.2. The topological polar surface area (TPSA) is 84.5 Å². The minimum Gasteiger partial charge on any atom is -0.451 e. The first-order valence-corrected chi connectivity index (χ1v) is 7.62. The van der Waals surface area contributed by atoms with Crippen molar-refractivity contribution in [2.24, 2.45) is 0 Å². The molecule has 1 aliphatic rings. The van der Waals surface area contributed by atoms with Crippen LogP contribution < -0.4 is 10.6 Å². The maximum atomic E-state index is 12.4. The largest absolute Gasteiger partial charge is 0.451 e. The Hall–Kier alpha value is -2.58. The highest BCUT2D eigenvalue weighted by atomic mass is 19.4. The third kappa shape index (κ3) is 5.77. The number of carbonyl (C=O) groups is 3. The van der Waals surface area contributed by atoms with Crippen molar-refractivity contribution >= 4 is 17.8 Å². The number of nitrogens with one attached hydrogen (secondary N) is 2. The highest BCUT2D eigenvalue weighted by Crippen LogP contribution is 2.29. The summed E-state index contributed by atoms with van der Waals surface area (Å²) < 4.78 is 42.2. The molecule has 2 rings (SSSR count). The molecule has 0 bridgehead atoms. The molecule has 136 valence electrons. The minimum absolute atomic E-state index is 0.0275. The van der Waals surface area contributed by atoms with Crippen LogP contribution in [0.5, 0.6) is 0 Å². The number of rotatable bonds is 6. The van der Waals surface area contributed by atoms with Crippen LogP contribution in [0.4, 0.5) is 13.2 Å². The zero-order valence-electron chi connectivity index (χ0n) is 13.4. The van der Waals surface area contributed by atoms with Crippen molar-refractivity contribution in [2.75, 3.05) is 6.54 Å². The number of halogens is 3. The van der Waals surface area contributed by atoms with Gasteiger partial charge in [0.2, 0.25) is 0 Å². The van der Waals surface area contributed by atoms with Gasteiger partial charge in [0.25, 0.3) is 11.8 Å². The molecule has 0 heterocycles. The predicted octanol–water partition coefficient (Wildman–Crippen LogP) is 1.65. The molecular formula is C16H17F3N2O4. The Morgan fingerprint density at radius 1 is 1.20 bits per heavy atom. The number of hydrogen-bond acceptors (Lipinski definition) is 4. The third-order valence-corrected chi connectivity index (χ3v) is 3.47. The predicted molar refractivity (Wildman–Crippen MR) is 80.5 cm³/mol. The van der Waals surface area contributed by atoms with Crippen molar-refractivity contribution in [3.63, 3.8) is 0 Å². The molecule has 1 fully saturated rings. The quantitative estimate of drug-likeness (QED) is 0.758. The average Bonchev–Trinajstić information content (AvgIpc) is 3.35. The van der Waals surface area contributed by atoms with Crippen molar-refractivity contribution in [3.8, 4) is 0 Å². The van der Waals surface area contributed by atoms with Gasteiger partial charge in [-0.1, -0.05) is 0 Å². The van der Waals surface area contributed by atoms with Gasteiger partial charge in [-0.3, -0.25) is 14.4 Å². The van der Waals surface area contributed by atoms with Crippen LogP contribution in [0.3, 0.4) is 0 Å². The van der Waals surface area contributed by atoms with Crippen LogP contribution >= 0.6 is 0 Å². The Bertz CT molecular complexity index is 654. The van der Waals surface area contributed by atoms with E-state index in [2.05, 4.69) is 10.6 Å². The maximum Gasteiger partial charge on any atom is 0.416 e. The van der Waals surface area contributed by atoms with E-state index in [1.807, 2.05) is 0 Å². The van der Waals surface area contributed by atoms with Crippen LogP contribution in [-0.4, -0.2) is 36.5 Å². The molecule has 0 aliphatic heterocycles. The van der Waals surface area contributed by atoms with Gasteiger partial charge in [0, 0.05) is 11.6 Å². The van der Waals surface area contributed by atoms with E-state index in [0.29, 0.717) is 0 Å². The smallest absolute Gasteiger partial charge is 0.416 e. The fourth-order valence-corrected chi connectivity index (χ4v) is 1.90. The molecule has 0 unspecified atom stereocenters. The lowest BCUT2D eigenvalue weighted by Crippen LogP contribution is -2.39. The summed E-state index contributed by atoms with van der Waals surface area (Å²) in [5.74, 6) is -1.95. The zero-order valence-corrected chi connectivity index (χ0v) is 13.4. The number of esters is 1. The highest BCUT2D eigenvalue weighted by Gasteiger charge is 2.30. The summed E-state index contributed by atoms with van der Waals surface area (Å²) in [5.41, 5.74) is -0.903. The number of alkyl halides is 3. The van der Waals surface area contributed by atoms with Gasteiger partial charge in [-0.05, 0) is 44.0 Å². The van der Waals surface area contributed by atoms with Crippen molar-refractivity contribution in [3.05, 3.63) is 35.4 Å². The summed E-state index contributed by atoms with van der Waals surface area (Å²) in [5, 5.41) is 4.90. The van der Waals surface area contributed by atoms with Crippen molar-refractivity contribution in [2.45, 2.75) is 38.1 Å². The van der Waals surface area contributed by atoms with Crippen LogP contribution in [0.2, 0.25) is 0 Å². The van der Waals surface area contributed by atoms with Gasteiger partial charge in [-0.15, -0.1) is 0 Å². The van der Waals surface area contributed by atoms with Gasteiger partial charge in [-0.25, -0.2) is 0 Å². The molecule has 9 heteroatoms. The Balaban J connectivity index is 1.78. The molecular weight excluding hydrogens is 341 g/mol. The first kappa shape index (κ1) is 18.8. The number of carbonyl (C=O) groups excluding carboxylic acids is 3. The average molecular weight is 358 g/mol. The van der Waals surface area contributed by atoms with Crippen LogP contribution in [-0.2, 0) is 20.5 Å². The van der Waals surface area contributed by atoms with E-state index in [-0.39, 0.29) is 11.6 Å². The molecule has 1 aliphatic carbocycles. The first-order chi connectivity index (χ1) is 11.7. The van der Waals surface area contributed by atoms with Gasteiger partial charge >= 0.3 is 12.1 Å². The van der Waals surface area contributed by atoms with Crippen LogP contribution in [0.1, 0.15) is 35.7 Å². The lowest BCUT2D eigenvalue weighted by molar-refractivity contribution is -0.153. The van der Waals surface area contributed by atoms with Gasteiger partial charge in [0.1, 0.15) is 6.54 Å². The second-order valence-corrected chi connectivity index (χ2v) is 5.67. The number of ether oxygens (including phenoxy) is 1. The summed E-state index contributed by atoms with van der Waals surface area (Å²) >= 11 is 0. The van der Waals surface area contributed by atoms with Gasteiger partial charge in [0.05, 0.1) is 5.56 Å². The Morgan fingerprint density at radius 2 is 1.80 bits per heavy atom. The standard InChI is InChI=1S/C16H17F3N2O4/c1-9(14(23)21-12-6-7-12)25-13(22)8-20-15(24)10-2-4-11(5-3-10)16(17,18)19/h2-5,9,12H,6-8H2,1H3,(H,20,24)(H,21,23)/t9-/m1/s1. The summed E-state index contributed by atoms with van der Waals surface area (Å²) in [6.45, 7) is 0.911. The molecule has 6 nitrogen and oxygen atoms in total. The number of hydrogen-bond donors (Lipinski definition) is 2. The highest BCUT2D eigenvalue weighted by molar-refractivity contribution is 5.96. The van der Waals surface area contributed by atoms with Crippen LogP contribution in [0, 0.1) is 0 Å². The second kappa shape index (κ2) is 7.54. The van der Waals surface area contributed by atoms with E-state index in [9.17, 15) is 27.6 Å². The minimum atomic E-state index is -4.49. The SMILES string of the molecule is C[C@@H](OC(=O)CNC(=O)c1ccc(C(F)(F)F)cc1)C(=O)NC1CC1. The van der Waals surface area contributed by atoms with Gasteiger partial charge in [-0.2, -0.15) is 13.2 Å². The molecule has 0 spiro atoms. The molecule has 1 aromatic rings. The Labute approximate surface area is 141 Å². The molecule has 0 radical (unpaired) electrons. The summed E-state index contributed by atoms with van der Waals surface area (Å²) in [4.78, 5) is 35.1. The molecule has 2 N–H and O–H groups in total. The molecule has 1 atom stereocenters. The van der Waals surface area contributed by atoms with E-state index >= 15 is 0 Å². The van der Waals surface area contributed by atoms with E-state index < -0.39 is 42.2 Å². The molecule has 1 saturated carbocycles.